The Morgan fingerprint density at radius 2 is 1.76 bits per heavy atom. The van der Waals surface area contributed by atoms with Gasteiger partial charge in [-0.1, -0.05) is 24.3 Å². The van der Waals surface area contributed by atoms with E-state index >= 15 is 0 Å². The number of hydrogen-bond acceptors (Lipinski definition) is 3. The maximum Gasteiger partial charge on any atom is 0.153 e. The minimum atomic E-state index is 0.0347. The van der Waals surface area contributed by atoms with Crippen molar-refractivity contribution < 1.29 is 14.6 Å². The van der Waals surface area contributed by atoms with Crippen LogP contribution in [0.3, 0.4) is 0 Å². The van der Waals surface area contributed by atoms with Crippen LogP contribution in [0.2, 0.25) is 0 Å². The first-order chi connectivity index (χ1) is 8.29. The van der Waals surface area contributed by atoms with Gasteiger partial charge in [-0.3, -0.25) is 4.79 Å². The standard InChI is InChI=1S/C7H6O2.C7H6O/c8-5-6-3-1-2-4-7(6)9;1-3-7-4-2-6(1)5-8-7/h1-5,9H;1-4H,5H2. The highest BCUT2D eigenvalue weighted by molar-refractivity contribution is 5.78. The average Bonchev–Trinajstić information content (AvgIpc) is 2.42. The molecule has 0 saturated heterocycles. The first kappa shape index (κ1) is 11.2. The van der Waals surface area contributed by atoms with Gasteiger partial charge in [0.1, 0.15) is 18.1 Å². The number of carbonyl (C=O) groups is 1. The van der Waals surface area contributed by atoms with Crippen molar-refractivity contribution in [3.05, 3.63) is 59.7 Å². The van der Waals surface area contributed by atoms with Gasteiger partial charge in [-0.25, -0.2) is 0 Å². The summed E-state index contributed by atoms with van der Waals surface area (Å²) in [7, 11) is 0. The van der Waals surface area contributed by atoms with Gasteiger partial charge in [0.15, 0.2) is 6.29 Å². The van der Waals surface area contributed by atoms with Gasteiger partial charge in [0.05, 0.1) is 5.56 Å². The van der Waals surface area contributed by atoms with Gasteiger partial charge in [0.25, 0.3) is 0 Å². The molecule has 2 heterocycles. The van der Waals surface area contributed by atoms with Gasteiger partial charge in [0, 0.05) is 0 Å². The number of fused-ring (bicyclic) bond motifs is 3. The molecule has 0 atom stereocenters. The van der Waals surface area contributed by atoms with E-state index in [1.165, 1.54) is 11.6 Å². The molecule has 0 unspecified atom stereocenters. The monoisotopic (exact) mass is 228 g/mol. The van der Waals surface area contributed by atoms with E-state index in [1.54, 1.807) is 18.2 Å². The molecule has 2 aliphatic heterocycles. The molecule has 17 heavy (non-hydrogen) atoms. The summed E-state index contributed by atoms with van der Waals surface area (Å²) in [6.45, 7) is 0.766. The molecule has 4 rings (SSSR count). The number of para-hydroxylation sites is 1. The second-order valence-corrected chi connectivity index (χ2v) is 3.61. The number of phenols is 1. The van der Waals surface area contributed by atoms with Crippen LogP contribution in [0.1, 0.15) is 15.9 Å². The summed E-state index contributed by atoms with van der Waals surface area (Å²) >= 11 is 0. The largest absolute Gasteiger partial charge is 0.507 e. The summed E-state index contributed by atoms with van der Waals surface area (Å²) in [5.41, 5.74) is 1.59. The zero-order valence-electron chi connectivity index (χ0n) is 9.17. The Morgan fingerprint density at radius 3 is 2.06 bits per heavy atom. The molecule has 0 radical (unpaired) electrons. The van der Waals surface area contributed by atoms with Crippen molar-refractivity contribution in [1.82, 2.24) is 0 Å². The molecule has 3 heteroatoms. The van der Waals surface area contributed by atoms with Crippen molar-refractivity contribution in [2.75, 3.05) is 0 Å². The fourth-order valence-electron chi connectivity index (χ4n) is 1.44. The summed E-state index contributed by atoms with van der Waals surface area (Å²) in [6.07, 6.45) is 0.620. The van der Waals surface area contributed by atoms with Crippen molar-refractivity contribution >= 4 is 6.29 Å². The first-order valence-electron chi connectivity index (χ1n) is 5.24. The van der Waals surface area contributed by atoms with E-state index in [2.05, 4.69) is 12.1 Å². The Labute approximate surface area is 99.3 Å². The third-order valence-electron chi connectivity index (χ3n) is 2.39. The third-order valence-corrected chi connectivity index (χ3v) is 2.39. The molecule has 2 bridgehead atoms. The quantitative estimate of drug-likeness (QED) is 0.763. The number of rotatable bonds is 1. The van der Waals surface area contributed by atoms with Crippen molar-refractivity contribution in [2.24, 2.45) is 0 Å². The lowest BCUT2D eigenvalue weighted by Crippen LogP contribution is -2.00. The van der Waals surface area contributed by atoms with Crippen molar-refractivity contribution in [1.29, 1.82) is 0 Å². The molecule has 2 aliphatic rings. The van der Waals surface area contributed by atoms with Gasteiger partial charge in [-0.05, 0) is 29.8 Å². The van der Waals surface area contributed by atoms with Gasteiger partial charge in [0.2, 0.25) is 0 Å². The van der Waals surface area contributed by atoms with Crippen LogP contribution in [0, 0.1) is 0 Å². The van der Waals surface area contributed by atoms with Gasteiger partial charge >= 0.3 is 0 Å². The molecule has 0 fully saturated rings. The van der Waals surface area contributed by atoms with Crippen LogP contribution >= 0.6 is 0 Å². The second-order valence-electron chi connectivity index (χ2n) is 3.61. The van der Waals surface area contributed by atoms with Gasteiger partial charge < -0.3 is 9.84 Å². The van der Waals surface area contributed by atoms with Crippen LogP contribution < -0.4 is 4.74 Å². The molecule has 3 nitrogen and oxygen atoms in total. The van der Waals surface area contributed by atoms with Crippen LogP contribution in [-0.2, 0) is 6.61 Å². The number of carbonyl (C=O) groups excluding carboxylic acids is 1. The minimum absolute atomic E-state index is 0.0347. The molecule has 2 aromatic rings. The van der Waals surface area contributed by atoms with Crippen LogP contribution in [0.4, 0.5) is 0 Å². The van der Waals surface area contributed by atoms with E-state index in [0.717, 1.165) is 12.4 Å². The predicted octanol–water partition coefficient (Wildman–Crippen LogP) is 2.78. The molecule has 0 aliphatic carbocycles. The number of phenolic OH excluding ortho intramolecular Hbond substituents is 1. The maximum absolute atomic E-state index is 10.1. The average molecular weight is 228 g/mol. The molecular formula is C14H12O3. The van der Waals surface area contributed by atoms with Crippen molar-refractivity contribution in [3.8, 4) is 11.5 Å². The molecule has 0 spiro atoms. The van der Waals surface area contributed by atoms with Crippen LogP contribution in [-0.4, -0.2) is 11.4 Å². The smallest absolute Gasteiger partial charge is 0.153 e. The van der Waals surface area contributed by atoms with Gasteiger partial charge in [-0.2, -0.15) is 0 Å². The van der Waals surface area contributed by atoms with E-state index in [1.807, 2.05) is 12.1 Å². The minimum Gasteiger partial charge on any atom is -0.507 e. The Morgan fingerprint density at radius 1 is 1.06 bits per heavy atom. The highest BCUT2D eigenvalue weighted by atomic mass is 16.5. The number of benzene rings is 2. The zero-order chi connectivity index (χ0) is 12.1. The Hall–Kier alpha value is -2.29. The molecule has 1 N–H and O–H groups in total. The first-order valence-corrected chi connectivity index (χ1v) is 5.24. The summed E-state index contributed by atoms with van der Waals surface area (Å²) in [4.78, 5) is 10.1. The Balaban J connectivity index is 0.000000127. The number of hydrogen-bond donors (Lipinski definition) is 1. The molecule has 0 amide bonds. The van der Waals surface area contributed by atoms with E-state index in [4.69, 9.17) is 9.84 Å². The van der Waals surface area contributed by atoms with Crippen molar-refractivity contribution in [3.63, 3.8) is 0 Å². The third kappa shape index (κ3) is 2.84. The lowest BCUT2D eigenvalue weighted by Gasteiger charge is -2.11. The van der Waals surface area contributed by atoms with Crippen LogP contribution in [0.15, 0.2) is 48.5 Å². The summed E-state index contributed by atoms with van der Waals surface area (Å²) in [6, 6.07) is 14.5. The lowest BCUT2D eigenvalue weighted by atomic mass is 10.2. The fourth-order valence-corrected chi connectivity index (χ4v) is 1.44. The Kier molecular flexibility index (Phi) is 3.40. The second kappa shape index (κ2) is 5.16. The Bertz CT molecular complexity index is 480. The SMILES string of the molecule is O=Cc1ccccc1O.c1cc2ccc1CO2. The normalized spacial score (nSPS) is 11.1. The molecule has 0 aromatic heterocycles. The van der Waals surface area contributed by atoms with E-state index in [-0.39, 0.29) is 5.75 Å². The van der Waals surface area contributed by atoms with Gasteiger partial charge in [-0.15, -0.1) is 0 Å². The number of aldehydes is 1. The predicted molar refractivity (Wildman–Crippen MR) is 64.3 cm³/mol. The summed E-state index contributed by atoms with van der Waals surface area (Å²) in [5.74, 6) is 1.02. The fraction of sp³-hybridized carbons (Fsp3) is 0.0714. The highest BCUT2D eigenvalue weighted by Crippen LogP contribution is 2.19. The van der Waals surface area contributed by atoms with E-state index in [0.29, 0.717) is 11.8 Å². The molecular weight excluding hydrogens is 216 g/mol. The molecule has 2 aromatic carbocycles. The lowest BCUT2D eigenvalue weighted by molar-refractivity contribution is 0.112. The molecule has 0 saturated carbocycles. The number of ether oxygens (including phenoxy) is 1. The van der Waals surface area contributed by atoms with E-state index in [9.17, 15) is 4.79 Å². The van der Waals surface area contributed by atoms with Crippen LogP contribution in [0.5, 0.6) is 11.5 Å². The van der Waals surface area contributed by atoms with Crippen LogP contribution in [0.25, 0.3) is 0 Å². The maximum atomic E-state index is 10.1. The molecule has 86 valence electrons. The summed E-state index contributed by atoms with van der Waals surface area (Å²) < 4.78 is 5.18. The topological polar surface area (TPSA) is 46.5 Å². The zero-order valence-corrected chi connectivity index (χ0v) is 9.17. The van der Waals surface area contributed by atoms with Crippen molar-refractivity contribution in [2.45, 2.75) is 6.61 Å². The van der Waals surface area contributed by atoms with E-state index < -0.39 is 0 Å². The highest BCUT2D eigenvalue weighted by Gasteiger charge is 2.01. The number of aromatic hydroxyl groups is 1. The summed E-state index contributed by atoms with van der Waals surface area (Å²) in [5, 5.41) is 8.88.